The molecule has 3 aromatic carbocycles. The van der Waals surface area contributed by atoms with Crippen molar-refractivity contribution >= 4 is 46.9 Å². The molecule has 0 aromatic heterocycles. The van der Waals surface area contributed by atoms with Gasteiger partial charge in [-0.1, -0.05) is 30.3 Å². The molecule has 0 spiro atoms. The lowest BCUT2D eigenvalue weighted by atomic mass is 10.1. The number of carbonyl (C=O) groups excluding carboxylic acids is 4. The minimum Gasteiger partial charge on any atom is -0.483 e. The molecule has 40 heavy (non-hydrogen) atoms. The van der Waals surface area contributed by atoms with Gasteiger partial charge in [0.1, 0.15) is 5.75 Å². The summed E-state index contributed by atoms with van der Waals surface area (Å²) in [6.07, 6.45) is 1.65. The Hall–Kier alpha value is -5.25. The number of amides is 2. The summed E-state index contributed by atoms with van der Waals surface area (Å²) in [7, 11) is 1.26. The van der Waals surface area contributed by atoms with Crippen molar-refractivity contribution in [1.29, 1.82) is 0 Å². The van der Waals surface area contributed by atoms with Gasteiger partial charge in [0.25, 0.3) is 11.8 Å². The molecule has 1 aliphatic rings. The lowest BCUT2D eigenvalue weighted by molar-refractivity contribution is -0.118. The molecule has 2 amide bonds. The van der Waals surface area contributed by atoms with Crippen LogP contribution in [0.15, 0.2) is 83.5 Å². The molecule has 0 saturated carbocycles. The molecule has 1 N–H and O–H groups in total. The number of carbonyl (C=O) groups is 4. The Morgan fingerprint density at radius 1 is 0.950 bits per heavy atom. The Balaban J connectivity index is 1.47. The molecule has 0 aliphatic carbocycles. The molecular weight excluding hydrogens is 514 g/mol. The van der Waals surface area contributed by atoms with Gasteiger partial charge in [-0.2, -0.15) is 10.1 Å². The largest absolute Gasteiger partial charge is 0.483 e. The van der Waals surface area contributed by atoms with Crippen LogP contribution in [0.2, 0.25) is 0 Å². The number of hydrazone groups is 1. The molecule has 10 heteroatoms. The van der Waals surface area contributed by atoms with E-state index in [4.69, 9.17) is 14.2 Å². The van der Waals surface area contributed by atoms with Gasteiger partial charge >= 0.3 is 11.9 Å². The summed E-state index contributed by atoms with van der Waals surface area (Å²) in [4.78, 5) is 49.7. The highest BCUT2D eigenvalue weighted by molar-refractivity contribution is 6.32. The SMILES string of the molecule is CCOC(=O)c1ccc(N2N=C(C)C(=Cc3ccccc3OCC(=O)Nc3ccccc3C(=O)OC)C2=O)cc1. The quantitative estimate of drug-likeness (QED) is 0.313. The van der Waals surface area contributed by atoms with Crippen molar-refractivity contribution in [1.82, 2.24) is 0 Å². The maximum absolute atomic E-state index is 13.2. The van der Waals surface area contributed by atoms with Crippen LogP contribution >= 0.6 is 0 Å². The standard InChI is InChI=1S/C30H27N3O7/c1-4-39-29(36)20-13-15-22(16-14-20)33-28(35)24(19(2)32-33)17-21-9-5-8-12-26(21)40-18-27(34)31-25-11-7-6-10-23(25)30(37)38-3/h5-17H,4,18H2,1-3H3,(H,31,34). The van der Waals surface area contributed by atoms with Gasteiger partial charge in [-0.05, 0) is 62.4 Å². The van der Waals surface area contributed by atoms with Crippen LogP contribution in [0.4, 0.5) is 11.4 Å². The molecule has 204 valence electrons. The number of nitrogens with zero attached hydrogens (tertiary/aromatic N) is 2. The van der Waals surface area contributed by atoms with Crippen LogP contribution in [-0.2, 0) is 19.1 Å². The van der Waals surface area contributed by atoms with Gasteiger partial charge in [-0.15, -0.1) is 0 Å². The summed E-state index contributed by atoms with van der Waals surface area (Å²) < 4.78 is 15.5. The normalized spacial score (nSPS) is 13.6. The molecule has 0 atom stereocenters. The van der Waals surface area contributed by atoms with Gasteiger partial charge in [0, 0.05) is 5.56 Å². The van der Waals surface area contributed by atoms with Crippen molar-refractivity contribution in [2.75, 3.05) is 30.6 Å². The maximum atomic E-state index is 13.2. The number of para-hydroxylation sites is 2. The topological polar surface area (TPSA) is 124 Å². The first-order valence-electron chi connectivity index (χ1n) is 12.4. The van der Waals surface area contributed by atoms with Crippen molar-refractivity contribution in [3.63, 3.8) is 0 Å². The average molecular weight is 542 g/mol. The van der Waals surface area contributed by atoms with E-state index in [1.165, 1.54) is 12.1 Å². The summed E-state index contributed by atoms with van der Waals surface area (Å²) in [5.74, 6) is -1.47. The first kappa shape index (κ1) is 27.8. The minimum atomic E-state index is -0.573. The number of hydrogen-bond acceptors (Lipinski definition) is 8. The van der Waals surface area contributed by atoms with Crippen LogP contribution in [0.3, 0.4) is 0 Å². The smallest absolute Gasteiger partial charge is 0.339 e. The second-order valence-corrected chi connectivity index (χ2v) is 8.54. The summed E-state index contributed by atoms with van der Waals surface area (Å²) in [6, 6.07) is 19.8. The maximum Gasteiger partial charge on any atom is 0.339 e. The molecule has 0 saturated heterocycles. The first-order chi connectivity index (χ1) is 19.3. The fourth-order valence-electron chi connectivity index (χ4n) is 3.91. The number of anilines is 2. The third kappa shape index (κ3) is 6.24. The van der Waals surface area contributed by atoms with Crippen molar-refractivity contribution in [3.8, 4) is 5.75 Å². The zero-order chi connectivity index (χ0) is 28.6. The monoisotopic (exact) mass is 541 g/mol. The Bertz CT molecular complexity index is 1510. The van der Waals surface area contributed by atoms with E-state index in [0.29, 0.717) is 39.5 Å². The van der Waals surface area contributed by atoms with Crippen molar-refractivity contribution in [2.45, 2.75) is 13.8 Å². The summed E-state index contributed by atoms with van der Waals surface area (Å²) >= 11 is 0. The van der Waals surface area contributed by atoms with Gasteiger partial charge in [0.05, 0.1) is 47.5 Å². The number of nitrogens with one attached hydrogen (secondary N) is 1. The zero-order valence-corrected chi connectivity index (χ0v) is 22.2. The number of methoxy groups -OCH3 is 1. The van der Waals surface area contributed by atoms with Crippen LogP contribution in [0.25, 0.3) is 6.08 Å². The van der Waals surface area contributed by atoms with Crippen LogP contribution in [0, 0.1) is 0 Å². The first-order valence-corrected chi connectivity index (χ1v) is 12.4. The predicted molar refractivity (Wildman–Crippen MR) is 149 cm³/mol. The van der Waals surface area contributed by atoms with Gasteiger partial charge in [-0.25, -0.2) is 9.59 Å². The summed E-state index contributed by atoms with van der Waals surface area (Å²) in [5.41, 5.74) is 2.80. The van der Waals surface area contributed by atoms with Crippen LogP contribution in [0.1, 0.15) is 40.1 Å². The number of ether oxygens (including phenoxy) is 3. The minimum absolute atomic E-state index is 0.220. The number of benzene rings is 3. The van der Waals surface area contributed by atoms with E-state index in [1.54, 1.807) is 92.7 Å². The molecule has 0 bridgehead atoms. The molecule has 3 aromatic rings. The van der Waals surface area contributed by atoms with Crippen LogP contribution in [-0.4, -0.2) is 49.8 Å². The highest BCUT2D eigenvalue weighted by atomic mass is 16.5. The van der Waals surface area contributed by atoms with Crippen molar-refractivity contribution in [2.24, 2.45) is 5.10 Å². The fourth-order valence-corrected chi connectivity index (χ4v) is 3.91. The predicted octanol–water partition coefficient (Wildman–Crippen LogP) is 4.47. The Kier molecular flexibility index (Phi) is 8.70. The van der Waals surface area contributed by atoms with E-state index in [0.717, 1.165) is 0 Å². The molecule has 0 fully saturated rings. The number of hydrogen-bond donors (Lipinski definition) is 1. The Morgan fingerprint density at radius 2 is 1.65 bits per heavy atom. The summed E-state index contributed by atoms with van der Waals surface area (Å²) in [5, 5.41) is 8.29. The van der Waals surface area contributed by atoms with Gasteiger partial charge < -0.3 is 19.5 Å². The van der Waals surface area contributed by atoms with Crippen LogP contribution in [0.5, 0.6) is 5.75 Å². The Morgan fingerprint density at radius 3 is 2.38 bits per heavy atom. The molecule has 0 unspecified atom stereocenters. The van der Waals surface area contributed by atoms with E-state index in [-0.39, 0.29) is 24.7 Å². The highest BCUT2D eigenvalue weighted by Crippen LogP contribution is 2.28. The van der Waals surface area contributed by atoms with E-state index >= 15 is 0 Å². The van der Waals surface area contributed by atoms with Crippen molar-refractivity contribution in [3.05, 3.63) is 95.1 Å². The second-order valence-electron chi connectivity index (χ2n) is 8.54. The molecule has 0 radical (unpaired) electrons. The van der Waals surface area contributed by atoms with Crippen LogP contribution < -0.4 is 15.1 Å². The van der Waals surface area contributed by atoms with E-state index in [1.807, 2.05) is 0 Å². The van der Waals surface area contributed by atoms with Gasteiger partial charge in [-0.3, -0.25) is 9.59 Å². The molecule has 4 rings (SSSR count). The van der Waals surface area contributed by atoms with E-state index < -0.39 is 17.8 Å². The zero-order valence-electron chi connectivity index (χ0n) is 22.2. The van der Waals surface area contributed by atoms with Gasteiger partial charge in [0.2, 0.25) is 0 Å². The number of esters is 2. The third-order valence-electron chi connectivity index (χ3n) is 5.87. The average Bonchev–Trinajstić information content (AvgIpc) is 3.25. The van der Waals surface area contributed by atoms with Gasteiger partial charge in [0.15, 0.2) is 6.61 Å². The van der Waals surface area contributed by atoms with E-state index in [2.05, 4.69) is 10.4 Å². The summed E-state index contributed by atoms with van der Waals surface area (Å²) in [6.45, 7) is 3.37. The second kappa shape index (κ2) is 12.5. The molecule has 10 nitrogen and oxygen atoms in total. The lowest BCUT2D eigenvalue weighted by Gasteiger charge is -2.13. The molecule has 1 aliphatic heterocycles. The lowest BCUT2D eigenvalue weighted by Crippen LogP contribution is -2.22. The molecular formula is C30H27N3O7. The van der Waals surface area contributed by atoms with E-state index in [9.17, 15) is 19.2 Å². The fraction of sp³-hybridized carbons (Fsp3) is 0.167. The number of rotatable bonds is 9. The molecule has 1 heterocycles. The Labute approximate surface area is 230 Å². The highest BCUT2D eigenvalue weighted by Gasteiger charge is 2.29. The van der Waals surface area contributed by atoms with Crippen molar-refractivity contribution < 1.29 is 33.4 Å². The third-order valence-corrected chi connectivity index (χ3v) is 5.87.